The molecule has 9 heteroatoms. The molecule has 1 amide bonds. The molecule has 212 valence electrons. The topological polar surface area (TPSA) is 137 Å². The number of nitrogens with two attached hydrogens (primary N) is 3. The number of Topliss-reactive ketones (excluding diaryl/α,β-unsaturated/α-hetero) is 1. The Morgan fingerprint density at radius 3 is 2.58 bits per heavy atom. The number of thiophene rings is 1. The predicted molar refractivity (Wildman–Crippen MR) is 160 cm³/mol. The number of hydrogen-bond donors (Lipinski definition) is 4. The molecular weight excluding hydrogens is 522 g/mol. The highest BCUT2D eigenvalue weighted by Gasteiger charge is 2.49. The third-order valence-electron chi connectivity index (χ3n) is 8.96. The summed E-state index contributed by atoms with van der Waals surface area (Å²) < 4.78 is 7.02. The van der Waals surface area contributed by atoms with Crippen LogP contribution in [0.5, 0.6) is 5.75 Å². The molecule has 2 aliphatic carbocycles. The molecule has 6 rings (SSSR count). The number of ketones is 1. The number of likely N-dealkylation sites (tertiary alicyclic amines) is 1. The van der Waals surface area contributed by atoms with Crippen LogP contribution in [-0.4, -0.2) is 48.9 Å². The van der Waals surface area contributed by atoms with E-state index in [1.807, 2.05) is 31.2 Å². The lowest BCUT2D eigenvalue weighted by molar-refractivity contribution is -0.124. The van der Waals surface area contributed by atoms with Crippen molar-refractivity contribution >= 4 is 38.8 Å². The summed E-state index contributed by atoms with van der Waals surface area (Å²) in [7, 11) is 2.06. The first-order valence-corrected chi connectivity index (χ1v) is 15.2. The molecule has 7 N–H and O–H groups in total. The molecule has 3 unspecified atom stereocenters. The van der Waals surface area contributed by atoms with Gasteiger partial charge in [0.1, 0.15) is 11.3 Å². The van der Waals surface area contributed by atoms with Crippen LogP contribution in [0.4, 0.5) is 5.69 Å². The van der Waals surface area contributed by atoms with Crippen LogP contribution in [0.25, 0.3) is 10.1 Å². The van der Waals surface area contributed by atoms with Gasteiger partial charge in [-0.2, -0.15) is 0 Å². The summed E-state index contributed by atoms with van der Waals surface area (Å²) in [6.45, 7) is 3.76. The standard InChI is InChI=1S/C31H39N5O3S/c1-17-15-20(39-19-8-4-3-5-9-19)10-11-21(17)31(34)22-12-13-23(32)27-24(22)25(26(33)29(31)37)28(40-27)30(38)35-18-7-6-14-36(2)16-18/h10-13,15,18-19,26H,3-9,14,16,32-34H2,1-2H3,(H,35,38). The van der Waals surface area contributed by atoms with Crippen molar-refractivity contribution in [2.75, 3.05) is 25.9 Å². The highest BCUT2D eigenvalue weighted by atomic mass is 32.1. The number of amides is 1. The van der Waals surface area contributed by atoms with Gasteiger partial charge in [-0.25, -0.2) is 0 Å². The van der Waals surface area contributed by atoms with E-state index >= 15 is 0 Å². The summed E-state index contributed by atoms with van der Waals surface area (Å²) in [5.41, 5.74) is 22.0. The molecule has 3 atom stereocenters. The highest BCUT2D eigenvalue weighted by Crippen LogP contribution is 2.50. The van der Waals surface area contributed by atoms with Crippen LogP contribution in [-0.2, 0) is 10.3 Å². The Kier molecular flexibility index (Phi) is 7.11. The SMILES string of the molecule is Cc1cc(OC2CCCCC2)ccc1C1(N)C(=O)C(N)c2c(C(=O)NC3CCCN(C)C3)sc3c(N)ccc1c23. The van der Waals surface area contributed by atoms with E-state index in [1.54, 1.807) is 6.07 Å². The molecule has 0 radical (unpaired) electrons. The van der Waals surface area contributed by atoms with Crippen molar-refractivity contribution in [3.8, 4) is 5.75 Å². The van der Waals surface area contributed by atoms with Crippen molar-refractivity contribution in [1.82, 2.24) is 10.2 Å². The van der Waals surface area contributed by atoms with E-state index in [0.717, 1.165) is 60.2 Å². The zero-order valence-electron chi connectivity index (χ0n) is 23.3. The molecule has 1 saturated heterocycles. The van der Waals surface area contributed by atoms with E-state index in [4.69, 9.17) is 21.9 Å². The first kappa shape index (κ1) is 27.2. The summed E-state index contributed by atoms with van der Waals surface area (Å²) in [5.74, 6) is 0.241. The van der Waals surface area contributed by atoms with Gasteiger partial charge in [0.2, 0.25) is 0 Å². The zero-order valence-corrected chi connectivity index (χ0v) is 24.1. The van der Waals surface area contributed by atoms with Crippen LogP contribution in [0.1, 0.15) is 82.9 Å². The van der Waals surface area contributed by atoms with Crippen LogP contribution in [0.15, 0.2) is 30.3 Å². The molecule has 1 aliphatic heterocycles. The number of nitrogen functional groups attached to an aromatic ring is 1. The van der Waals surface area contributed by atoms with Gasteiger partial charge in [-0.05, 0) is 93.9 Å². The highest BCUT2D eigenvalue weighted by molar-refractivity contribution is 7.21. The number of hydrogen-bond acceptors (Lipinski definition) is 8. The average Bonchev–Trinajstić information content (AvgIpc) is 3.34. The molecule has 1 aromatic heterocycles. The molecule has 0 bridgehead atoms. The molecular formula is C31H39N5O3S. The maximum Gasteiger partial charge on any atom is 0.262 e. The van der Waals surface area contributed by atoms with Crippen LogP contribution in [0.2, 0.25) is 0 Å². The fourth-order valence-corrected chi connectivity index (χ4v) is 8.09. The molecule has 2 aromatic carbocycles. The Balaban J connectivity index is 1.40. The molecule has 1 saturated carbocycles. The first-order chi connectivity index (χ1) is 19.2. The minimum atomic E-state index is -1.48. The Hall–Kier alpha value is -2.98. The second kappa shape index (κ2) is 10.4. The van der Waals surface area contributed by atoms with E-state index in [1.165, 1.54) is 30.6 Å². The van der Waals surface area contributed by atoms with Crippen molar-refractivity contribution < 1.29 is 14.3 Å². The minimum absolute atomic E-state index is 0.0431. The van der Waals surface area contributed by atoms with Gasteiger partial charge in [-0.1, -0.05) is 18.6 Å². The number of benzene rings is 2. The Labute approximate surface area is 239 Å². The van der Waals surface area contributed by atoms with Crippen molar-refractivity contribution in [2.45, 2.75) is 75.6 Å². The molecule has 0 spiro atoms. The number of piperidine rings is 1. The molecule has 3 aromatic rings. The maximum atomic E-state index is 14.1. The normalized spacial score (nSPS) is 25.8. The smallest absolute Gasteiger partial charge is 0.262 e. The number of nitrogens with one attached hydrogen (secondary N) is 1. The minimum Gasteiger partial charge on any atom is -0.490 e. The number of carbonyl (C=O) groups excluding carboxylic acids is 2. The van der Waals surface area contributed by atoms with Gasteiger partial charge in [0.25, 0.3) is 5.91 Å². The van der Waals surface area contributed by atoms with Crippen molar-refractivity contribution in [3.05, 3.63) is 57.5 Å². The number of carbonyl (C=O) groups is 2. The van der Waals surface area contributed by atoms with Gasteiger partial charge in [0, 0.05) is 29.2 Å². The van der Waals surface area contributed by atoms with E-state index in [9.17, 15) is 9.59 Å². The van der Waals surface area contributed by atoms with E-state index in [-0.39, 0.29) is 23.8 Å². The van der Waals surface area contributed by atoms with Crippen LogP contribution >= 0.6 is 11.3 Å². The predicted octanol–water partition coefficient (Wildman–Crippen LogP) is 4.11. The van der Waals surface area contributed by atoms with Crippen LogP contribution in [0, 0.1) is 6.92 Å². The number of nitrogens with zero attached hydrogens (tertiary/aromatic N) is 1. The van der Waals surface area contributed by atoms with Gasteiger partial charge in [0.15, 0.2) is 5.78 Å². The molecule has 2 heterocycles. The van der Waals surface area contributed by atoms with Gasteiger partial charge in [0.05, 0.1) is 21.7 Å². The number of anilines is 1. The second-order valence-corrected chi connectivity index (χ2v) is 12.9. The fourth-order valence-electron chi connectivity index (χ4n) is 6.89. The van der Waals surface area contributed by atoms with Gasteiger partial charge >= 0.3 is 0 Å². The summed E-state index contributed by atoms with van der Waals surface area (Å²) in [6.07, 6.45) is 7.92. The zero-order chi connectivity index (χ0) is 28.2. The monoisotopic (exact) mass is 561 g/mol. The quantitative estimate of drug-likeness (QED) is 0.344. The van der Waals surface area contributed by atoms with E-state index in [0.29, 0.717) is 27.3 Å². The number of aryl methyl sites for hydroxylation is 1. The van der Waals surface area contributed by atoms with Crippen molar-refractivity contribution in [2.24, 2.45) is 11.5 Å². The molecule has 40 heavy (non-hydrogen) atoms. The largest absolute Gasteiger partial charge is 0.490 e. The lowest BCUT2D eigenvalue weighted by Crippen LogP contribution is -2.53. The number of likely N-dealkylation sites (N-methyl/N-ethyl adjacent to an activating group) is 1. The first-order valence-electron chi connectivity index (χ1n) is 14.4. The van der Waals surface area contributed by atoms with Gasteiger partial charge in [-0.15, -0.1) is 11.3 Å². The molecule has 8 nitrogen and oxygen atoms in total. The van der Waals surface area contributed by atoms with Gasteiger partial charge < -0.3 is 32.2 Å². The van der Waals surface area contributed by atoms with E-state index < -0.39 is 11.6 Å². The van der Waals surface area contributed by atoms with Gasteiger partial charge in [-0.3, -0.25) is 9.59 Å². The summed E-state index contributed by atoms with van der Waals surface area (Å²) in [4.78, 5) is 30.4. The van der Waals surface area contributed by atoms with E-state index in [2.05, 4.69) is 17.3 Å². The van der Waals surface area contributed by atoms with Crippen LogP contribution in [0.3, 0.4) is 0 Å². The third kappa shape index (κ3) is 4.49. The molecule has 3 aliphatic rings. The fraction of sp³-hybridized carbons (Fsp3) is 0.484. The van der Waals surface area contributed by atoms with Crippen molar-refractivity contribution in [1.29, 1.82) is 0 Å². The Morgan fingerprint density at radius 2 is 1.85 bits per heavy atom. The lowest BCUT2D eigenvalue weighted by Gasteiger charge is -2.37. The lowest BCUT2D eigenvalue weighted by atomic mass is 9.69. The van der Waals surface area contributed by atoms with Crippen LogP contribution < -0.4 is 27.3 Å². The third-order valence-corrected chi connectivity index (χ3v) is 10.2. The Bertz CT molecular complexity index is 1480. The summed E-state index contributed by atoms with van der Waals surface area (Å²) >= 11 is 1.30. The summed E-state index contributed by atoms with van der Waals surface area (Å²) in [5, 5.41) is 3.91. The second-order valence-electron chi connectivity index (χ2n) is 11.8. The van der Waals surface area contributed by atoms with Crippen molar-refractivity contribution in [3.63, 3.8) is 0 Å². The Morgan fingerprint density at radius 1 is 1.10 bits per heavy atom. The average molecular weight is 562 g/mol. The number of rotatable bonds is 5. The molecule has 2 fully saturated rings. The maximum absolute atomic E-state index is 14.1. The summed E-state index contributed by atoms with van der Waals surface area (Å²) in [6, 6.07) is 8.35. The number of ether oxygens (including phenoxy) is 1.